The van der Waals surface area contributed by atoms with Gasteiger partial charge in [0.15, 0.2) is 0 Å². The molecule has 0 spiro atoms. The van der Waals surface area contributed by atoms with E-state index in [4.69, 9.17) is 16.7 Å². The van der Waals surface area contributed by atoms with Crippen LogP contribution in [0.5, 0.6) is 0 Å². The Balaban J connectivity index is 2.09. The van der Waals surface area contributed by atoms with Crippen molar-refractivity contribution in [3.05, 3.63) is 41.2 Å². The van der Waals surface area contributed by atoms with E-state index in [0.29, 0.717) is 23.8 Å². The molecule has 0 aliphatic heterocycles. The van der Waals surface area contributed by atoms with Crippen molar-refractivity contribution in [2.45, 2.75) is 26.2 Å². The summed E-state index contributed by atoms with van der Waals surface area (Å²) in [7, 11) is 0. The second kappa shape index (κ2) is 8.11. The van der Waals surface area contributed by atoms with Gasteiger partial charge in [0.05, 0.1) is 0 Å². The van der Waals surface area contributed by atoms with Gasteiger partial charge >= 0.3 is 0 Å². The molecule has 1 amide bonds. The molecule has 2 N–H and O–H groups in total. The first kappa shape index (κ1) is 16.7. The van der Waals surface area contributed by atoms with Crippen LogP contribution in [0, 0.1) is 5.92 Å². The maximum absolute atomic E-state index is 12.3. The Morgan fingerprint density at radius 3 is 2.86 bits per heavy atom. The smallest absolute Gasteiger partial charge is 0.269 e. The molecule has 1 aromatic carbocycles. The molecule has 1 unspecified atom stereocenters. The van der Waals surface area contributed by atoms with Crippen LogP contribution in [0.1, 0.15) is 36.7 Å². The lowest BCUT2D eigenvalue weighted by Gasteiger charge is -2.15. The molecule has 0 saturated heterocycles. The summed E-state index contributed by atoms with van der Waals surface area (Å²) < 4.78 is 0. The number of aliphatic hydroxyl groups is 1. The lowest BCUT2D eigenvalue weighted by Crippen LogP contribution is -2.30. The molecular formula is C17H21ClN2O2. The number of hydrogen-bond acceptors (Lipinski definition) is 3. The van der Waals surface area contributed by atoms with Crippen LogP contribution in [0.4, 0.5) is 0 Å². The average Bonchev–Trinajstić information content (AvgIpc) is 2.52. The lowest BCUT2D eigenvalue weighted by molar-refractivity contribution is 0.0938. The molecular weight excluding hydrogens is 300 g/mol. The molecule has 2 rings (SSSR count). The van der Waals surface area contributed by atoms with Crippen molar-refractivity contribution in [2.75, 3.05) is 13.2 Å². The summed E-state index contributed by atoms with van der Waals surface area (Å²) in [5.41, 5.74) is 0.322. The van der Waals surface area contributed by atoms with Gasteiger partial charge in [0.2, 0.25) is 0 Å². The molecule has 5 heteroatoms. The standard InChI is InChI=1S/C17H21ClN2O2/c1-2-5-12(8-9-21)11-19-17(22)15-10-13-6-3-4-7-14(13)16(18)20-15/h3-4,6-7,10,12,21H,2,5,8-9,11H2,1H3,(H,19,22). The van der Waals surface area contributed by atoms with E-state index in [1.165, 1.54) is 0 Å². The van der Waals surface area contributed by atoms with Crippen LogP contribution >= 0.6 is 11.6 Å². The number of aliphatic hydroxyl groups excluding tert-OH is 1. The van der Waals surface area contributed by atoms with Gasteiger partial charge in [-0.3, -0.25) is 4.79 Å². The van der Waals surface area contributed by atoms with E-state index < -0.39 is 0 Å². The van der Waals surface area contributed by atoms with Gasteiger partial charge in [0.1, 0.15) is 10.8 Å². The maximum Gasteiger partial charge on any atom is 0.269 e. The molecule has 118 valence electrons. The van der Waals surface area contributed by atoms with Gasteiger partial charge in [-0.15, -0.1) is 0 Å². The molecule has 0 aliphatic rings. The van der Waals surface area contributed by atoms with Crippen LogP contribution < -0.4 is 5.32 Å². The first-order valence-electron chi connectivity index (χ1n) is 7.60. The third-order valence-electron chi connectivity index (χ3n) is 3.71. The van der Waals surface area contributed by atoms with Crippen LogP contribution in [0.2, 0.25) is 5.15 Å². The summed E-state index contributed by atoms with van der Waals surface area (Å²) in [6.07, 6.45) is 2.70. The maximum atomic E-state index is 12.3. The second-order valence-electron chi connectivity index (χ2n) is 5.40. The summed E-state index contributed by atoms with van der Waals surface area (Å²) >= 11 is 6.14. The Morgan fingerprint density at radius 2 is 2.14 bits per heavy atom. The summed E-state index contributed by atoms with van der Waals surface area (Å²) in [6, 6.07) is 9.33. The fraction of sp³-hybridized carbons (Fsp3) is 0.412. The molecule has 1 atom stereocenters. The van der Waals surface area contributed by atoms with E-state index >= 15 is 0 Å². The molecule has 0 radical (unpaired) electrons. The van der Waals surface area contributed by atoms with E-state index in [9.17, 15) is 4.79 Å². The van der Waals surface area contributed by atoms with Gasteiger partial charge in [-0.1, -0.05) is 49.2 Å². The van der Waals surface area contributed by atoms with Gasteiger partial charge in [-0.25, -0.2) is 4.98 Å². The van der Waals surface area contributed by atoms with Gasteiger partial charge in [-0.2, -0.15) is 0 Å². The highest BCUT2D eigenvalue weighted by Crippen LogP contribution is 2.22. The van der Waals surface area contributed by atoms with Gasteiger partial charge < -0.3 is 10.4 Å². The molecule has 1 heterocycles. The number of nitrogens with zero attached hydrogens (tertiary/aromatic N) is 1. The number of carbonyl (C=O) groups is 1. The number of benzene rings is 1. The minimum atomic E-state index is -0.230. The fourth-order valence-electron chi connectivity index (χ4n) is 2.54. The Hall–Kier alpha value is -1.65. The second-order valence-corrected chi connectivity index (χ2v) is 5.75. The topological polar surface area (TPSA) is 62.2 Å². The predicted octanol–water partition coefficient (Wildman–Crippen LogP) is 3.42. The third kappa shape index (κ3) is 4.18. The van der Waals surface area contributed by atoms with Crippen molar-refractivity contribution in [1.82, 2.24) is 10.3 Å². The highest BCUT2D eigenvalue weighted by molar-refractivity contribution is 6.34. The number of carbonyl (C=O) groups excluding carboxylic acids is 1. The number of aromatic nitrogens is 1. The quantitative estimate of drug-likeness (QED) is 0.768. The zero-order valence-electron chi connectivity index (χ0n) is 12.7. The number of halogens is 1. The number of pyridine rings is 1. The van der Waals surface area contributed by atoms with E-state index in [-0.39, 0.29) is 18.4 Å². The zero-order valence-corrected chi connectivity index (χ0v) is 13.4. The minimum absolute atomic E-state index is 0.139. The van der Waals surface area contributed by atoms with Gasteiger partial charge in [0, 0.05) is 18.5 Å². The number of fused-ring (bicyclic) bond motifs is 1. The van der Waals surface area contributed by atoms with Crippen molar-refractivity contribution >= 4 is 28.3 Å². The number of amides is 1. The van der Waals surface area contributed by atoms with E-state index in [1.54, 1.807) is 6.07 Å². The molecule has 0 bridgehead atoms. The molecule has 0 fully saturated rings. The summed E-state index contributed by atoms with van der Waals surface area (Å²) in [5, 5.41) is 14.0. The molecule has 0 aliphatic carbocycles. The van der Waals surface area contributed by atoms with Crippen molar-refractivity contribution < 1.29 is 9.90 Å². The average molecular weight is 321 g/mol. The summed E-state index contributed by atoms with van der Waals surface area (Å²) in [5.74, 6) is 0.0570. The molecule has 22 heavy (non-hydrogen) atoms. The number of nitrogens with one attached hydrogen (secondary N) is 1. The highest BCUT2D eigenvalue weighted by Gasteiger charge is 2.13. The van der Waals surface area contributed by atoms with Crippen molar-refractivity contribution in [3.63, 3.8) is 0 Å². The lowest BCUT2D eigenvalue weighted by atomic mass is 10.0. The number of rotatable bonds is 7. The van der Waals surface area contributed by atoms with Crippen LogP contribution in [-0.4, -0.2) is 29.1 Å². The van der Waals surface area contributed by atoms with Crippen LogP contribution in [0.25, 0.3) is 10.8 Å². The van der Waals surface area contributed by atoms with Gasteiger partial charge in [0.25, 0.3) is 5.91 Å². The van der Waals surface area contributed by atoms with E-state index in [0.717, 1.165) is 23.6 Å². The SMILES string of the molecule is CCCC(CCO)CNC(=O)c1cc2ccccc2c(Cl)n1. The Labute approximate surface area is 135 Å². The Kier molecular flexibility index (Phi) is 6.16. The summed E-state index contributed by atoms with van der Waals surface area (Å²) in [6.45, 7) is 2.77. The van der Waals surface area contributed by atoms with Crippen LogP contribution in [0.3, 0.4) is 0 Å². The fourth-order valence-corrected chi connectivity index (χ4v) is 2.80. The monoisotopic (exact) mass is 320 g/mol. The van der Waals surface area contributed by atoms with Crippen LogP contribution in [-0.2, 0) is 0 Å². The highest BCUT2D eigenvalue weighted by atomic mass is 35.5. The van der Waals surface area contributed by atoms with Gasteiger partial charge in [-0.05, 0) is 30.2 Å². The first-order chi connectivity index (χ1) is 10.7. The largest absolute Gasteiger partial charge is 0.396 e. The Morgan fingerprint density at radius 1 is 1.36 bits per heavy atom. The summed E-state index contributed by atoms with van der Waals surface area (Å²) in [4.78, 5) is 16.4. The van der Waals surface area contributed by atoms with Crippen LogP contribution in [0.15, 0.2) is 30.3 Å². The molecule has 2 aromatic rings. The predicted molar refractivity (Wildman–Crippen MR) is 89.2 cm³/mol. The molecule has 4 nitrogen and oxygen atoms in total. The normalized spacial score (nSPS) is 12.3. The molecule has 1 aromatic heterocycles. The Bertz CT molecular complexity index is 640. The minimum Gasteiger partial charge on any atom is -0.396 e. The third-order valence-corrected chi connectivity index (χ3v) is 4.00. The number of hydrogen-bond donors (Lipinski definition) is 2. The zero-order chi connectivity index (χ0) is 15.9. The van der Waals surface area contributed by atoms with Crippen molar-refractivity contribution in [1.29, 1.82) is 0 Å². The molecule has 0 saturated carbocycles. The first-order valence-corrected chi connectivity index (χ1v) is 7.97. The van der Waals surface area contributed by atoms with E-state index in [2.05, 4.69) is 17.2 Å². The van der Waals surface area contributed by atoms with Crippen molar-refractivity contribution in [3.8, 4) is 0 Å². The van der Waals surface area contributed by atoms with E-state index in [1.807, 2.05) is 24.3 Å². The van der Waals surface area contributed by atoms with Crippen molar-refractivity contribution in [2.24, 2.45) is 5.92 Å².